The van der Waals surface area contributed by atoms with E-state index in [0.29, 0.717) is 0 Å². The summed E-state index contributed by atoms with van der Waals surface area (Å²) in [4.78, 5) is 0. The number of nitrogens with two attached hydrogens (primary N) is 1. The summed E-state index contributed by atoms with van der Waals surface area (Å²) in [6, 6.07) is 0. The van der Waals surface area contributed by atoms with Crippen LogP contribution in [0, 0.1) is 0 Å². The molecule has 0 radical (unpaired) electrons. The highest BCUT2D eigenvalue weighted by molar-refractivity contribution is 4.84. The standard InChI is InChI=1S/C9H19NO/c1-2-4-9(10)5-3-7-11-8-6-9/h2-8,10H2,1H3. The molecule has 1 heterocycles. The van der Waals surface area contributed by atoms with Gasteiger partial charge in [-0.1, -0.05) is 13.3 Å². The molecule has 1 saturated heterocycles. The fraction of sp³-hybridized carbons (Fsp3) is 1.00. The SMILES string of the molecule is CCCC1(N)CCCOCC1. The van der Waals surface area contributed by atoms with Crippen LogP contribution in [0.3, 0.4) is 0 Å². The van der Waals surface area contributed by atoms with Gasteiger partial charge >= 0.3 is 0 Å². The van der Waals surface area contributed by atoms with E-state index in [1.807, 2.05) is 0 Å². The molecule has 66 valence electrons. The Labute approximate surface area is 69.1 Å². The summed E-state index contributed by atoms with van der Waals surface area (Å²) in [5.41, 5.74) is 6.28. The first-order valence-corrected chi connectivity index (χ1v) is 4.63. The van der Waals surface area contributed by atoms with Gasteiger partial charge in [0.1, 0.15) is 0 Å². The molecule has 2 heteroatoms. The number of rotatable bonds is 2. The molecule has 0 amide bonds. The Morgan fingerprint density at radius 3 is 2.91 bits per heavy atom. The molecular formula is C9H19NO. The highest BCUT2D eigenvalue weighted by Gasteiger charge is 2.24. The average molecular weight is 157 g/mol. The van der Waals surface area contributed by atoms with Crippen molar-refractivity contribution >= 4 is 0 Å². The zero-order valence-electron chi connectivity index (χ0n) is 7.44. The molecule has 1 rings (SSSR count). The molecule has 1 unspecified atom stereocenters. The largest absolute Gasteiger partial charge is 0.381 e. The second-order valence-corrected chi connectivity index (χ2v) is 3.58. The second-order valence-electron chi connectivity index (χ2n) is 3.58. The molecule has 0 aliphatic carbocycles. The van der Waals surface area contributed by atoms with Crippen molar-refractivity contribution in [1.29, 1.82) is 0 Å². The van der Waals surface area contributed by atoms with E-state index in [1.165, 1.54) is 6.42 Å². The van der Waals surface area contributed by atoms with E-state index in [-0.39, 0.29) is 5.54 Å². The zero-order valence-corrected chi connectivity index (χ0v) is 7.44. The Hall–Kier alpha value is -0.0800. The molecule has 0 spiro atoms. The average Bonchev–Trinajstić information content (AvgIpc) is 2.15. The maximum Gasteiger partial charge on any atom is 0.0483 e. The lowest BCUT2D eigenvalue weighted by Gasteiger charge is -2.26. The van der Waals surface area contributed by atoms with Gasteiger partial charge in [-0.05, 0) is 25.7 Å². The van der Waals surface area contributed by atoms with Crippen LogP contribution in [0.5, 0.6) is 0 Å². The van der Waals surface area contributed by atoms with E-state index >= 15 is 0 Å². The Balaban J connectivity index is 2.38. The Kier molecular flexibility index (Phi) is 3.34. The molecule has 2 N–H and O–H groups in total. The summed E-state index contributed by atoms with van der Waals surface area (Å²) < 4.78 is 5.36. The summed E-state index contributed by atoms with van der Waals surface area (Å²) >= 11 is 0. The van der Waals surface area contributed by atoms with Crippen molar-refractivity contribution in [2.45, 2.75) is 44.6 Å². The van der Waals surface area contributed by atoms with Gasteiger partial charge in [-0.3, -0.25) is 0 Å². The van der Waals surface area contributed by atoms with Gasteiger partial charge in [0.15, 0.2) is 0 Å². The predicted octanol–water partition coefficient (Wildman–Crippen LogP) is 1.68. The number of hydrogen-bond acceptors (Lipinski definition) is 2. The smallest absolute Gasteiger partial charge is 0.0483 e. The van der Waals surface area contributed by atoms with Gasteiger partial charge in [0.05, 0.1) is 0 Å². The van der Waals surface area contributed by atoms with Crippen molar-refractivity contribution in [3.63, 3.8) is 0 Å². The van der Waals surface area contributed by atoms with Crippen molar-refractivity contribution < 1.29 is 4.74 Å². The van der Waals surface area contributed by atoms with Crippen molar-refractivity contribution in [2.24, 2.45) is 5.73 Å². The maximum atomic E-state index is 6.19. The minimum absolute atomic E-state index is 0.0885. The second kappa shape index (κ2) is 4.07. The molecule has 2 nitrogen and oxygen atoms in total. The quantitative estimate of drug-likeness (QED) is 0.662. The summed E-state index contributed by atoms with van der Waals surface area (Å²) in [6.45, 7) is 3.96. The van der Waals surface area contributed by atoms with Crippen LogP contribution >= 0.6 is 0 Å². The zero-order chi connectivity index (χ0) is 8.16. The van der Waals surface area contributed by atoms with Crippen LogP contribution in [0.15, 0.2) is 0 Å². The first kappa shape index (κ1) is 9.01. The molecule has 1 fully saturated rings. The topological polar surface area (TPSA) is 35.2 Å². The van der Waals surface area contributed by atoms with Crippen molar-refractivity contribution in [3.05, 3.63) is 0 Å². The van der Waals surface area contributed by atoms with Gasteiger partial charge in [-0.2, -0.15) is 0 Å². The van der Waals surface area contributed by atoms with Crippen LogP contribution in [0.25, 0.3) is 0 Å². The lowest BCUT2D eigenvalue weighted by Crippen LogP contribution is -2.39. The Bertz CT molecular complexity index is 106. The van der Waals surface area contributed by atoms with Gasteiger partial charge in [0.2, 0.25) is 0 Å². The normalized spacial score (nSPS) is 33.3. The summed E-state index contributed by atoms with van der Waals surface area (Å²) in [7, 11) is 0. The summed E-state index contributed by atoms with van der Waals surface area (Å²) in [5, 5.41) is 0. The Morgan fingerprint density at radius 2 is 2.18 bits per heavy atom. The van der Waals surface area contributed by atoms with Crippen molar-refractivity contribution in [1.82, 2.24) is 0 Å². The lowest BCUT2D eigenvalue weighted by molar-refractivity contribution is 0.139. The summed E-state index contributed by atoms with van der Waals surface area (Å²) in [5.74, 6) is 0. The molecule has 0 aromatic rings. The van der Waals surface area contributed by atoms with Gasteiger partial charge in [0, 0.05) is 18.8 Å². The molecule has 0 aromatic heterocycles. The molecule has 1 atom stereocenters. The van der Waals surface area contributed by atoms with E-state index in [9.17, 15) is 0 Å². The minimum atomic E-state index is 0.0885. The monoisotopic (exact) mass is 157 g/mol. The Morgan fingerprint density at radius 1 is 1.36 bits per heavy atom. The van der Waals surface area contributed by atoms with Crippen molar-refractivity contribution in [3.8, 4) is 0 Å². The fourth-order valence-electron chi connectivity index (χ4n) is 1.78. The molecule has 0 saturated carbocycles. The van der Waals surface area contributed by atoms with Crippen LogP contribution in [0.1, 0.15) is 39.0 Å². The molecule has 11 heavy (non-hydrogen) atoms. The third kappa shape index (κ3) is 2.80. The highest BCUT2D eigenvalue weighted by atomic mass is 16.5. The van der Waals surface area contributed by atoms with Gasteiger partial charge in [-0.15, -0.1) is 0 Å². The highest BCUT2D eigenvalue weighted by Crippen LogP contribution is 2.22. The van der Waals surface area contributed by atoms with Crippen LogP contribution < -0.4 is 5.73 Å². The van der Waals surface area contributed by atoms with E-state index < -0.39 is 0 Å². The first-order chi connectivity index (χ1) is 5.27. The van der Waals surface area contributed by atoms with Crippen LogP contribution in [-0.4, -0.2) is 18.8 Å². The molecule has 1 aliphatic heterocycles. The number of hydrogen-bond donors (Lipinski definition) is 1. The van der Waals surface area contributed by atoms with E-state index in [0.717, 1.165) is 38.9 Å². The first-order valence-electron chi connectivity index (χ1n) is 4.63. The van der Waals surface area contributed by atoms with Crippen molar-refractivity contribution in [2.75, 3.05) is 13.2 Å². The molecule has 0 bridgehead atoms. The third-order valence-corrected chi connectivity index (χ3v) is 2.46. The summed E-state index contributed by atoms with van der Waals surface area (Å²) in [6.07, 6.45) is 5.66. The third-order valence-electron chi connectivity index (χ3n) is 2.46. The molecule has 0 aromatic carbocycles. The van der Waals surface area contributed by atoms with Crippen LogP contribution in [0.2, 0.25) is 0 Å². The van der Waals surface area contributed by atoms with Crippen LogP contribution in [-0.2, 0) is 4.74 Å². The maximum absolute atomic E-state index is 6.19. The lowest BCUT2D eigenvalue weighted by atomic mass is 9.87. The minimum Gasteiger partial charge on any atom is -0.381 e. The predicted molar refractivity (Wildman–Crippen MR) is 46.5 cm³/mol. The van der Waals surface area contributed by atoms with Gasteiger partial charge in [-0.25, -0.2) is 0 Å². The van der Waals surface area contributed by atoms with Gasteiger partial charge in [0.25, 0.3) is 0 Å². The molecular weight excluding hydrogens is 138 g/mol. The van der Waals surface area contributed by atoms with E-state index in [1.54, 1.807) is 0 Å². The van der Waals surface area contributed by atoms with Gasteiger partial charge < -0.3 is 10.5 Å². The van der Waals surface area contributed by atoms with Crippen LogP contribution in [0.4, 0.5) is 0 Å². The van der Waals surface area contributed by atoms with E-state index in [4.69, 9.17) is 10.5 Å². The van der Waals surface area contributed by atoms with E-state index in [2.05, 4.69) is 6.92 Å². The molecule has 1 aliphatic rings. The fourth-order valence-corrected chi connectivity index (χ4v) is 1.78. The number of ether oxygens (including phenoxy) is 1.